The molecule has 3 aromatic heterocycles. The van der Waals surface area contributed by atoms with Crippen LogP contribution in [0.3, 0.4) is 0 Å². The largest absolute Gasteiger partial charge is 0.306 e. The highest BCUT2D eigenvalue weighted by Crippen LogP contribution is 2.20. The topological polar surface area (TPSA) is 58.6 Å². The summed E-state index contributed by atoms with van der Waals surface area (Å²) >= 11 is 0. The zero-order valence-electron chi connectivity index (χ0n) is 11.2. The van der Waals surface area contributed by atoms with Gasteiger partial charge in [-0.1, -0.05) is 6.07 Å². The fourth-order valence-electron chi connectivity index (χ4n) is 2.25. The van der Waals surface area contributed by atoms with Gasteiger partial charge in [0.1, 0.15) is 5.65 Å². The minimum Gasteiger partial charge on any atom is -0.306 e. The van der Waals surface area contributed by atoms with Crippen LogP contribution < -0.4 is 5.56 Å². The Bertz CT molecular complexity index is 812. The minimum atomic E-state index is -0.141. The number of H-pyrrole nitrogens is 1. The molecule has 0 spiro atoms. The molecule has 0 amide bonds. The SMILES string of the molecule is Cc1cc(C)c2cc(-c3cccnc3)c(=O)[nH]c2n1.Cl. The van der Waals surface area contributed by atoms with Crippen molar-refractivity contribution in [3.8, 4) is 11.1 Å². The Morgan fingerprint density at radius 1 is 1.20 bits per heavy atom. The molecule has 4 nitrogen and oxygen atoms in total. The first-order chi connectivity index (χ1) is 9.15. The van der Waals surface area contributed by atoms with Crippen LogP contribution in [-0.2, 0) is 0 Å². The van der Waals surface area contributed by atoms with Crippen molar-refractivity contribution in [2.24, 2.45) is 0 Å². The number of hydrogen-bond acceptors (Lipinski definition) is 3. The van der Waals surface area contributed by atoms with Gasteiger partial charge in [-0.2, -0.15) is 0 Å². The molecular weight excluding hydrogens is 274 g/mol. The number of halogens is 1. The van der Waals surface area contributed by atoms with Crippen LogP contribution in [0.4, 0.5) is 0 Å². The molecule has 3 rings (SSSR count). The first kappa shape index (κ1) is 14.2. The van der Waals surface area contributed by atoms with Crippen LogP contribution in [0, 0.1) is 13.8 Å². The summed E-state index contributed by atoms with van der Waals surface area (Å²) in [6.45, 7) is 3.93. The van der Waals surface area contributed by atoms with E-state index in [0.717, 1.165) is 22.2 Å². The van der Waals surface area contributed by atoms with E-state index >= 15 is 0 Å². The Hall–Kier alpha value is -2.20. The molecule has 0 aliphatic heterocycles. The van der Waals surface area contributed by atoms with Gasteiger partial charge in [0.05, 0.1) is 0 Å². The minimum absolute atomic E-state index is 0. The van der Waals surface area contributed by atoms with Crippen LogP contribution >= 0.6 is 12.4 Å². The summed E-state index contributed by atoms with van der Waals surface area (Å²) in [5.74, 6) is 0. The molecule has 0 atom stereocenters. The predicted molar refractivity (Wildman–Crippen MR) is 82.3 cm³/mol. The summed E-state index contributed by atoms with van der Waals surface area (Å²) < 4.78 is 0. The smallest absolute Gasteiger partial charge is 0.257 e. The van der Waals surface area contributed by atoms with E-state index in [1.54, 1.807) is 12.4 Å². The van der Waals surface area contributed by atoms with Crippen molar-refractivity contribution in [1.29, 1.82) is 0 Å². The van der Waals surface area contributed by atoms with E-state index in [4.69, 9.17) is 0 Å². The number of aromatic nitrogens is 3. The maximum atomic E-state index is 12.1. The third-order valence-corrected chi connectivity index (χ3v) is 3.13. The van der Waals surface area contributed by atoms with Gasteiger partial charge in [-0.3, -0.25) is 9.78 Å². The molecule has 0 fully saturated rings. The standard InChI is InChI=1S/C15H13N3O.ClH/c1-9-6-10(2)17-14-12(9)7-13(15(19)18-14)11-4-3-5-16-8-11;/h3-8H,1-2H3,(H,17,18,19);1H. The molecule has 0 unspecified atom stereocenters. The van der Waals surface area contributed by atoms with Crippen LogP contribution in [0.1, 0.15) is 11.3 Å². The van der Waals surface area contributed by atoms with Gasteiger partial charge in [-0.05, 0) is 37.6 Å². The lowest BCUT2D eigenvalue weighted by atomic mass is 10.1. The quantitative estimate of drug-likeness (QED) is 0.748. The van der Waals surface area contributed by atoms with E-state index in [2.05, 4.69) is 15.0 Å². The van der Waals surface area contributed by atoms with Crippen LogP contribution in [0.25, 0.3) is 22.2 Å². The van der Waals surface area contributed by atoms with Crippen LogP contribution in [0.5, 0.6) is 0 Å². The molecule has 0 bridgehead atoms. The Morgan fingerprint density at radius 3 is 2.70 bits per heavy atom. The van der Waals surface area contributed by atoms with E-state index in [0.29, 0.717) is 11.2 Å². The maximum Gasteiger partial charge on any atom is 0.257 e. The number of nitrogens with zero attached hydrogens (tertiary/aromatic N) is 2. The molecule has 0 aromatic carbocycles. The van der Waals surface area contributed by atoms with E-state index in [-0.39, 0.29) is 18.0 Å². The van der Waals surface area contributed by atoms with E-state index in [1.165, 1.54) is 0 Å². The van der Waals surface area contributed by atoms with Crippen molar-refractivity contribution in [2.75, 3.05) is 0 Å². The molecule has 0 saturated carbocycles. The Kier molecular flexibility index (Phi) is 3.86. The second-order valence-electron chi connectivity index (χ2n) is 4.60. The number of pyridine rings is 3. The first-order valence-corrected chi connectivity index (χ1v) is 6.07. The average molecular weight is 288 g/mol. The molecule has 0 saturated heterocycles. The van der Waals surface area contributed by atoms with Crippen LogP contribution in [0.15, 0.2) is 41.5 Å². The van der Waals surface area contributed by atoms with Gasteiger partial charge in [-0.25, -0.2) is 4.98 Å². The fourth-order valence-corrected chi connectivity index (χ4v) is 2.25. The van der Waals surface area contributed by atoms with E-state index in [1.807, 2.05) is 38.1 Å². The van der Waals surface area contributed by atoms with Gasteiger partial charge < -0.3 is 4.98 Å². The summed E-state index contributed by atoms with van der Waals surface area (Å²) in [4.78, 5) is 23.4. The summed E-state index contributed by atoms with van der Waals surface area (Å²) in [6.07, 6.45) is 3.38. The van der Waals surface area contributed by atoms with Crippen molar-refractivity contribution in [3.05, 3.63) is 58.3 Å². The second-order valence-corrected chi connectivity index (χ2v) is 4.60. The molecule has 5 heteroatoms. The zero-order valence-corrected chi connectivity index (χ0v) is 12.0. The normalized spacial score (nSPS) is 10.3. The van der Waals surface area contributed by atoms with Gasteiger partial charge in [-0.15, -0.1) is 12.4 Å². The van der Waals surface area contributed by atoms with Crippen molar-refractivity contribution in [2.45, 2.75) is 13.8 Å². The number of aromatic amines is 1. The lowest BCUT2D eigenvalue weighted by Gasteiger charge is -2.06. The molecule has 0 radical (unpaired) electrons. The van der Waals surface area contributed by atoms with Gasteiger partial charge in [0.2, 0.25) is 0 Å². The fraction of sp³-hybridized carbons (Fsp3) is 0.133. The number of fused-ring (bicyclic) bond motifs is 1. The summed E-state index contributed by atoms with van der Waals surface area (Å²) in [5, 5.41) is 0.962. The number of aryl methyl sites for hydroxylation is 2. The highest BCUT2D eigenvalue weighted by atomic mass is 35.5. The summed E-state index contributed by atoms with van der Waals surface area (Å²) in [7, 11) is 0. The first-order valence-electron chi connectivity index (χ1n) is 6.07. The van der Waals surface area contributed by atoms with Gasteiger partial charge in [0, 0.05) is 34.6 Å². The lowest BCUT2D eigenvalue weighted by Crippen LogP contribution is -2.10. The Morgan fingerprint density at radius 2 is 2.00 bits per heavy atom. The molecule has 1 N–H and O–H groups in total. The molecule has 3 aromatic rings. The molecule has 0 aliphatic rings. The van der Waals surface area contributed by atoms with Crippen LogP contribution in [0.2, 0.25) is 0 Å². The molecular formula is C15H14ClN3O. The van der Waals surface area contributed by atoms with Gasteiger partial charge in [0.15, 0.2) is 0 Å². The molecule has 102 valence electrons. The second kappa shape index (κ2) is 5.43. The molecule has 3 heterocycles. The average Bonchev–Trinajstić information content (AvgIpc) is 2.38. The Balaban J connectivity index is 0.00000147. The monoisotopic (exact) mass is 287 g/mol. The molecule has 0 aliphatic carbocycles. The summed E-state index contributed by atoms with van der Waals surface area (Å²) in [5.41, 5.74) is 3.92. The Labute approximate surface area is 122 Å². The third-order valence-electron chi connectivity index (χ3n) is 3.13. The highest BCUT2D eigenvalue weighted by molar-refractivity contribution is 5.85. The van der Waals surface area contributed by atoms with Crippen molar-refractivity contribution in [1.82, 2.24) is 15.0 Å². The highest BCUT2D eigenvalue weighted by Gasteiger charge is 2.08. The number of nitrogens with one attached hydrogen (secondary N) is 1. The maximum absolute atomic E-state index is 12.1. The van der Waals surface area contributed by atoms with Crippen molar-refractivity contribution >= 4 is 23.4 Å². The van der Waals surface area contributed by atoms with Gasteiger partial charge >= 0.3 is 0 Å². The van der Waals surface area contributed by atoms with E-state index < -0.39 is 0 Å². The van der Waals surface area contributed by atoms with Gasteiger partial charge in [0.25, 0.3) is 5.56 Å². The summed E-state index contributed by atoms with van der Waals surface area (Å²) in [6, 6.07) is 7.58. The zero-order chi connectivity index (χ0) is 13.4. The van der Waals surface area contributed by atoms with Crippen LogP contribution in [-0.4, -0.2) is 15.0 Å². The lowest BCUT2D eigenvalue weighted by molar-refractivity contribution is 1.16. The number of rotatable bonds is 1. The number of hydrogen-bond donors (Lipinski definition) is 1. The molecule has 20 heavy (non-hydrogen) atoms. The van der Waals surface area contributed by atoms with Crippen molar-refractivity contribution < 1.29 is 0 Å². The third kappa shape index (κ3) is 2.42. The predicted octanol–water partition coefficient (Wildman–Crippen LogP) is 3.02. The van der Waals surface area contributed by atoms with E-state index in [9.17, 15) is 4.79 Å². The van der Waals surface area contributed by atoms with Crippen molar-refractivity contribution in [3.63, 3.8) is 0 Å².